The molecule has 0 amide bonds. The Bertz CT molecular complexity index is 392. The summed E-state index contributed by atoms with van der Waals surface area (Å²) in [5, 5.41) is 0. The number of allylic oxidation sites excluding steroid dienone is 8. The third kappa shape index (κ3) is 4.23. The first-order chi connectivity index (χ1) is 8.25. The van der Waals surface area contributed by atoms with Gasteiger partial charge in [0.2, 0.25) is 0 Å². The molecule has 0 bridgehead atoms. The standard InChI is InChI=1S/2C9H14.Cr/c2*1-6-5-7(2)9(4)8(6)3;/h2*5H2,1-4H3;. The second-order valence-corrected chi connectivity index (χ2v) is 5.97. The van der Waals surface area contributed by atoms with E-state index in [0.717, 1.165) is 0 Å². The number of hydrogen-bond donors (Lipinski definition) is 0. The van der Waals surface area contributed by atoms with E-state index in [1.54, 1.807) is 22.3 Å². The van der Waals surface area contributed by atoms with Gasteiger partial charge in [-0.2, -0.15) is 0 Å². The van der Waals surface area contributed by atoms with Crippen molar-refractivity contribution >= 4 is 0 Å². The van der Waals surface area contributed by atoms with Gasteiger partial charge in [-0.1, -0.05) is 22.3 Å². The largest absolute Gasteiger partial charge is 0.0661 e. The zero-order valence-electron chi connectivity index (χ0n) is 13.8. The molecule has 0 atom stereocenters. The topological polar surface area (TPSA) is 0 Å². The minimum atomic E-state index is 0. The summed E-state index contributed by atoms with van der Waals surface area (Å²) >= 11 is 0. The molecular formula is C18H28Cr. The van der Waals surface area contributed by atoms with Crippen LogP contribution in [0.25, 0.3) is 0 Å². The molecule has 2 aliphatic rings. The second kappa shape index (κ2) is 7.32. The first-order valence-corrected chi connectivity index (χ1v) is 6.91. The fraction of sp³-hybridized carbons (Fsp3) is 0.556. The molecule has 19 heavy (non-hydrogen) atoms. The van der Waals surface area contributed by atoms with Gasteiger partial charge in [-0.25, -0.2) is 0 Å². The molecule has 0 fully saturated rings. The van der Waals surface area contributed by atoms with E-state index in [0.29, 0.717) is 0 Å². The van der Waals surface area contributed by atoms with Crippen molar-refractivity contribution in [1.82, 2.24) is 0 Å². The predicted octanol–water partition coefficient (Wildman–Crippen LogP) is 6.12. The summed E-state index contributed by atoms with van der Waals surface area (Å²) < 4.78 is 0. The van der Waals surface area contributed by atoms with Crippen LogP contribution in [0.3, 0.4) is 0 Å². The summed E-state index contributed by atoms with van der Waals surface area (Å²) in [4.78, 5) is 0. The van der Waals surface area contributed by atoms with Crippen molar-refractivity contribution in [2.45, 2.75) is 68.2 Å². The zero-order valence-corrected chi connectivity index (χ0v) is 15.1. The first-order valence-electron chi connectivity index (χ1n) is 6.91. The van der Waals surface area contributed by atoms with Crippen LogP contribution >= 0.6 is 0 Å². The van der Waals surface area contributed by atoms with Crippen LogP contribution in [0.1, 0.15) is 68.2 Å². The monoisotopic (exact) mass is 296 g/mol. The Labute approximate surface area is 130 Å². The molecule has 1 heteroatoms. The maximum absolute atomic E-state index is 2.22. The number of rotatable bonds is 0. The molecule has 0 saturated heterocycles. The van der Waals surface area contributed by atoms with Crippen LogP contribution < -0.4 is 0 Å². The maximum atomic E-state index is 2.22. The predicted molar refractivity (Wildman–Crippen MR) is 82.7 cm³/mol. The normalized spacial score (nSPS) is 18.9. The fourth-order valence-corrected chi connectivity index (χ4v) is 2.61. The van der Waals surface area contributed by atoms with E-state index >= 15 is 0 Å². The molecule has 0 N–H and O–H groups in total. The van der Waals surface area contributed by atoms with Crippen molar-refractivity contribution in [3.05, 3.63) is 44.6 Å². The maximum Gasteiger partial charge on any atom is 0 e. The Kier molecular flexibility index (Phi) is 7.13. The van der Waals surface area contributed by atoms with Crippen LogP contribution in [-0.4, -0.2) is 0 Å². The van der Waals surface area contributed by atoms with Gasteiger partial charge in [0, 0.05) is 17.4 Å². The molecule has 0 unspecified atom stereocenters. The molecule has 0 aliphatic heterocycles. The SMILES string of the molecule is CC1=C(C)C(C)=C(C)C1.CC1=C(C)C(C)=C(C)C1.[Cr]. The van der Waals surface area contributed by atoms with Crippen molar-refractivity contribution in [2.24, 2.45) is 0 Å². The van der Waals surface area contributed by atoms with E-state index in [1.807, 2.05) is 0 Å². The zero-order chi connectivity index (χ0) is 14.0. The van der Waals surface area contributed by atoms with Crippen molar-refractivity contribution in [3.63, 3.8) is 0 Å². The van der Waals surface area contributed by atoms with Gasteiger partial charge in [-0.15, -0.1) is 0 Å². The summed E-state index contributed by atoms with van der Waals surface area (Å²) in [5.74, 6) is 0. The van der Waals surface area contributed by atoms with Crippen LogP contribution in [0.5, 0.6) is 0 Å². The molecule has 2 rings (SSSR count). The van der Waals surface area contributed by atoms with Crippen molar-refractivity contribution in [3.8, 4) is 0 Å². The van der Waals surface area contributed by atoms with E-state index in [2.05, 4.69) is 55.4 Å². The summed E-state index contributed by atoms with van der Waals surface area (Å²) in [6.45, 7) is 17.7. The van der Waals surface area contributed by atoms with E-state index in [-0.39, 0.29) is 17.4 Å². The first kappa shape index (κ1) is 18.5. The third-order valence-electron chi connectivity index (χ3n) is 4.75. The second-order valence-electron chi connectivity index (χ2n) is 5.97. The fourth-order valence-electron chi connectivity index (χ4n) is 2.61. The van der Waals surface area contributed by atoms with Crippen molar-refractivity contribution < 1.29 is 17.4 Å². The molecular weight excluding hydrogens is 268 g/mol. The van der Waals surface area contributed by atoms with Crippen LogP contribution in [0.4, 0.5) is 0 Å². The smallest absolute Gasteiger partial charge is 0 e. The molecule has 0 spiro atoms. The van der Waals surface area contributed by atoms with Gasteiger partial charge in [0.1, 0.15) is 0 Å². The molecule has 0 aromatic rings. The molecule has 0 heterocycles. The van der Waals surface area contributed by atoms with Gasteiger partial charge < -0.3 is 0 Å². The Morgan fingerprint density at radius 1 is 0.421 bits per heavy atom. The van der Waals surface area contributed by atoms with Gasteiger partial charge in [-0.3, -0.25) is 0 Å². The Balaban J connectivity index is 0.000000324. The van der Waals surface area contributed by atoms with E-state index in [1.165, 1.54) is 35.1 Å². The van der Waals surface area contributed by atoms with Crippen molar-refractivity contribution in [2.75, 3.05) is 0 Å². The minimum absolute atomic E-state index is 0. The van der Waals surface area contributed by atoms with Gasteiger partial charge in [0.25, 0.3) is 0 Å². The van der Waals surface area contributed by atoms with Crippen LogP contribution in [0, 0.1) is 0 Å². The van der Waals surface area contributed by atoms with Crippen molar-refractivity contribution in [1.29, 1.82) is 0 Å². The Morgan fingerprint density at radius 2 is 0.579 bits per heavy atom. The molecule has 0 radical (unpaired) electrons. The van der Waals surface area contributed by atoms with Gasteiger partial charge in [-0.05, 0) is 90.5 Å². The Hall–Kier alpha value is -0.508. The quantitative estimate of drug-likeness (QED) is 0.505. The van der Waals surface area contributed by atoms with Crippen LogP contribution in [-0.2, 0) is 17.4 Å². The summed E-state index contributed by atoms with van der Waals surface area (Å²) in [5.41, 5.74) is 12.2. The number of hydrogen-bond acceptors (Lipinski definition) is 0. The molecule has 0 saturated carbocycles. The van der Waals surface area contributed by atoms with Gasteiger partial charge >= 0.3 is 0 Å². The van der Waals surface area contributed by atoms with E-state index in [4.69, 9.17) is 0 Å². The van der Waals surface area contributed by atoms with Gasteiger partial charge in [0.05, 0.1) is 0 Å². The molecule has 106 valence electrons. The summed E-state index contributed by atoms with van der Waals surface area (Å²) in [6.07, 6.45) is 2.41. The van der Waals surface area contributed by atoms with E-state index < -0.39 is 0 Å². The molecule has 0 aromatic heterocycles. The molecule has 2 aliphatic carbocycles. The molecule has 0 aromatic carbocycles. The average molecular weight is 296 g/mol. The van der Waals surface area contributed by atoms with Crippen LogP contribution in [0.15, 0.2) is 44.6 Å². The third-order valence-corrected chi connectivity index (χ3v) is 4.75. The average Bonchev–Trinajstić information content (AvgIpc) is 2.66. The minimum Gasteiger partial charge on any atom is -0.0661 e. The van der Waals surface area contributed by atoms with E-state index in [9.17, 15) is 0 Å². The summed E-state index contributed by atoms with van der Waals surface area (Å²) in [6, 6.07) is 0. The van der Waals surface area contributed by atoms with Gasteiger partial charge in [0.15, 0.2) is 0 Å². The summed E-state index contributed by atoms with van der Waals surface area (Å²) in [7, 11) is 0. The Morgan fingerprint density at radius 3 is 0.632 bits per heavy atom. The molecule has 0 nitrogen and oxygen atoms in total. The van der Waals surface area contributed by atoms with Crippen LogP contribution in [0.2, 0.25) is 0 Å².